The van der Waals surface area contributed by atoms with E-state index < -0.39 is 5.97 Å². The molecule has 0 saturated heterocycles. The molecule has 0 saturated carbocycles. The van der Waals surface area contributed by atoms with Crippen molar-refractivity contribution in [3.63, 3.8) is 0 Å². The average molecular weight is 300 g/mol. The van der Waals surface area contributed by atoms with Gasteiger partial charge in [-0.25, -0.2) is 9.78 Å². The fraction of sp³-hybridized carbons (Fsp3) is 0.167. The lowest BCUT2D eigenvalue weighted by Gasteiger charge is -1.98. The molecule has 2 rings (SSSR count). The Hall–Kier alpha value is -1.04. The molecule has 6 heteroatoms. The van der Waals surface area contributed by atoms with Crippen molar-refractivity contribution in [2.45, 2.75) is 17.0 Å². The lowest BCUT2D eigenvalue weighted by Crippen LogP contribution is -1.94. The van der Waals surface area contributed by atoms with Crippen LogP contribution in [0.15, 0.2) is 28.6 Å². The summed E-state index contributed by atoms with van der Waals surface area (Å²) in [5.41, 5.74) is 1.71. The SMILES string of the molecule is Cc1nc(SCc2ccc(Cl)cc2)sc1C(=O)O. The molecule has 2 aromatic rings. The van der Waals surface area contributed by atoms with Gasteiger partial charge in [0.25, 0.3) is 0 Å². The second-order valence-corrected chi connectivity index (χ2v) is 6.27. The van der Waals surface area contributed by atoms with Gasteiger partial charge in [0.05, 0.1) is 5.69 Å². The molecule has 1 N–H and O–H groups in total. The summed E-state index contributed by atoms with van der Waals surface area (Å²) in [6.45, 7) is 1.71. The summed E-state index contributed by atoms with van der Waals surface area (Å²) in [4.78, 5) is 15.4. The van der Waals surface area contributed by atoms with Crippen LogP contribution in [0.1, 0.15) is 20.9 Å². The quantitative estimate of drug-likeness (QED) is 0.864. The zero-order valence-electron chi connectivity index (χ0n) is 9.51. The van der Waals surface area contributed by atoms with Gasteiger partial charge < -0.3 is 5.11 Å². The lowest BCUT2D eigenvalue weighted by atomic mass is 10.2. The third-order valence-corrected chi connectivity index (χ3v) is 4.86. The Morgan fingerprint density at radius 2 is 2.11 bits per heavy atom. The molecule has 0 spiro atoms. The average Bonchev–Trinajstić information content (AvgIpc) is 2.70. The first kappa shape index (κ1) is 13.4. The predicted octanol–water partition coefficient (Wildman–Crippen LogP) is 4.10. The van der Waals surface area contributed by atoms with Gasteiger partial charge in [0.15, 0.2) is 4.34 Å². The Kier molecular flexibility index (Phi) is 4.27. The summed E-state index contributed by atoms with van der Waals surface area (Å²) in [5, 5.41) is 9.65. The van der Waals surface area contributed by atoms with Crippen LogP contribution in [0.5, 0.6) is 0 Å². The van der Waals surface area contributed by atoms with E-state index in [0.717, 1.165) is 15.7 Å². The Bertz CT molecular complexity index is 566. The summed E-state index contributed by atoms with van der Waals surface area (Å²) in [7, 11) is 0. The van der Waals surface area contributed by atoms with Crippen LogP contribution in [-0.4, -0.2) is 16.1 Å². The van der Waals surface area contributed by atoms with Crippen LogP contribution in [0.25, 0.3) is 0 Å². The molecule has 1 aromatic carbocycles. The number of hydrogen-bond donors (Lipinski definition) is 1. The maximum Gasteiger partial charge on any atom is 0.347 e. The summed E-state index contributed by atoms with van der Waals surface area (Å²) in [6, 6.07) is 7.59. The molecule has 1 heterocycles. The first-order valence-electron chi connectivity index (χ1n) is 5.14. The largest absolute Gasteiger partial charge is 0.477 e. The third kappa shape index (κ3) is 3.25. The molecule has 0 aliphatic carbocycles. The molecule has 0 aliphatic heterocycles. The number of nitrogens with zero attached hydrogens (tertiary/aromatic N) is 1. The molecule has 0 bridgehead atoms. The molecule has 1 aromatic heterocycles. The van der Waals surface area contributed by atoms with E-state index in [9.17, 15) is 4.79 Å². The Morgan fingerprint density at radius 1 is 1.44 bits per heavy atom. The fourth-order valence-electron chi connectivity index (χ4n) is 1.36. The van der Waals surface area contributed by atoms with Crippen molar-refractivity contribution in [3.05, 3.63) is 45.4 Å². The predicted molar refractivity (Wildman–Crippen MR) is 74.8 cm³/mol. The van der Waals surface area contributed by atoms with E-state index in [2.05, 4.69) is 4.98 Å². The summed E-state index contributed by atoms with van der Waals surface area (Å²) >= 11 is 8.55. The number of aromatic nitrogens is 1. The molecule has 0 fully saturated rings. The summed E-state index contributed by atoms with van der Waals surface area (Å²) < 4.78 is 0.778. The van der Waals surface area contributed by atoms with E-state index in [1.54, 1.807) is 6.92 Å². The van der Waals surface area contributed by atoms with Gasteiger partial charge in [0.2, 0.25) is 0 Å². The minimum Gasteiger partial charge on any atom is -0.477 e. The van der Waals surface area contributed by atoms with Crippen molar-refractivity contribution in [3.8, 4) is 0 Å². The van der Waals surface area contributed by atoms with Crippen LogP contribution < -0.4 is 0 Å². The van der Waals surface area contributed by atoms with Gasteiger partial charge >= 0.3 is 5.97 Å². The van der Waals surface area contributed by atoms with Crippen molar-refractivity contribution in [2.75, 3.05) is 0 Å². The molecule has 3 nitrogen and oxygen atoms in total. The number of carboxylic acids is 1. The van der Waals surface area contributed by atoms with E-state index >= 15 is 0 Å². The molecule has 0 aliphatic rings. The topological polar surface area (TPSA) is 50.2 Å². The first-order chi connectivity index (χ1) is 8.56. The van der Waals surface area contributed by atoms with Crippen LogP contribution in [0.4, 0.5) is 0 Å². The molecule has 0 radical (unpaired) electrons. The monoisotopic (exact) mass is 299 g/mol. The van der Waals surface area contributed by atoms with Crippen LogP contribution in [0.2, 0.25) is 5.02 Å². The zero-order valence-corrected chi connectivity index (χ0v) is 11.9. The maximum atomic E-state index is 10.9. The first-order valence-corrected chi connectivity index (χ1v) is 7.32. The van der Waals surface area contributed by atoms with Crippen LogP contribution in [0.3, 0.4) is 0 Å². The minimum atomic E-state index is -0.914. The van der Waals surface area contributed by atoms with E-state index in [1.807, 2.05) is 24.3 Å². The van der Waals surface area contributed by atoms with Gasteiger partial charge in [-0.1, -0.05) is 35.5 Å². The normalized spacial score (nSPS) is 10.6. The number of aromatic carboxylic acids is 1. The number of thiazole rings is 1. The van der Waals surface area contributed by atoms with Crippen LogP contribution in [0, 0.1) is 6.92 Å². The lowest BCUT2D eigenvalue weighted by molar-refractivity contribution is 0.0701. The molecular weight excluding hydrogens is 290 g/mol. The fourth-order valence-corrected chi connectivity index (χ4v) is 3.47. The van der Waals surface area contributed by atoms with Crippen molar-refractivity contribution >= 4 is 40.7 Å². The van der Waals surface area contributed by atoms with Crippen LogP contribution >= 0.6 is 34.7 Å². The Morgan fingerprint density at radius 3 is 2.67 bits per heavy atom. The van der Waals surface area contributed by atoms with Crippen LogP contribution in [-0.2, 0) is 5.75 Å². The summed E-state index contributed by atoms with van der Waals surface area (Å²) in [6.07, 6.45) is 0. The minimum absolute atomic E-state index is 0.314. The molecule has 0 amide bonds. The van der Waals surface area contributed by atoms with E-state index in [1.165, 1.54) is 23.1 Å². The van der Waals surface area contributed by atoms with E-state index in [-0.39, 0.29) is 0 Å². The molecule has 18 heavy (non-hydrogen) atoms. The molecular formula is C12H10ClNO2S2. The van der Waals surface area contributed by atoms with Crippen molar-refractivity contribution < 1.29 is 9.90 Å². The smallest absolute Gasteiger partial charge is 0.347 e. The Balaban J connectivity index is 2.04. The van der Waals surface area contributed by atoms with Gasteiger partial charge in [-0.15, -0.1) is 11.3 Å². The van der Waals surface area contributed by atoms with Gasteiger partial charge in [0, 0.05) is 10.8 Å². The molecule has 0 atom stereocenters. The number of carbonyl (C=O) groups is 1. The number of hydrogen-bond acceptors (Lipinski definition) is 4. The number of halogens is 1. The van der Waals surface area contributed by atoms with Gasteiger partial charge in [-0.05, 0) is 24.6 Å². The highest BCUT2D eigenvalue weighted by Crippen LogP contribution is 2.29. The number of aryl methyl sites for hydroxylation is 1. The highest BCUT2D eigenvalue weighted by atomic mass is 35.5. The van der Waals surface area contributed by atoms with E-state index in [4.69, 9.17) is 16.7 Å². The number of rotatable bonds is 4. The van der Waals surface area contributed by atoms with Crippen molar-refractivity contribution in [2.24, 2.45) is 0 Å². The second kappa shape index (κ2) is 5.73. The number of carboxylic acid groups (broad SMARTS) is 1. The highest BCUT2D eigenvalue weighted by Gasteiger charge is 2.14. The van der Waals surface area contributed by atoms with Gasteiger partial charge in [-0.3, -0.25) is 0 Å². The second-order valence-electron chi connectivity index (χ2n) is 3.61. The zero-order chi connectivity index (χ0) is 13.1. The maximum absolute atomic E-state index is 10.9. The number of thioether (sulfide) groups is 1. The third-order valence-electron chi connectivity index (χ3n) is 2.25. The van der Waals surface area contributed by atoms with Gasteiger partial charge in [-0.2, -0.15) is 0 Å². The Labute approximate surface area is 118 Å². The van der Waals surface area contributed by atoms with E-state index in [0.29, 0.717) is 15.6 Å². The van der Waals surface area contributed by atoms with Crippen molar-refractivity contribution in [1.82, 2.24) is 4.98 Å². The van der Waals surface area contributed by atoms with Crippen molar-refractivity contribution in [1.29, 1.82) is 0 Å². The van der Waals surface area contributed by atoms with Gasteiger partial charge in [0.1, 0.15) is 4.88 Å². The number of benzene rings is 1. The highest BCUT2D eigenvalue weighted by molar-refractivity contribution is 8.00. The standard InChI is InChI=1S/C12H10ClNO2S2/c1-7-10(11(15)16)18-12(14-7)17-6-8-2-4-9(13)5-3-8/h2-5H,6H2,1H3,(H,15,16). The summed E-state index contributed by atoms with van der Waals surface area (Å²) in [5.74, 6) is -0.160. The molecule has 94 valence electrons. The molecule has 0 unspecified atom stereocenters.